The maximum absolute atomic E-state index is 12.9. The topological polar surface area (TPSA) is 59.8 Å². The Morgan fingerprint density at radius 1 is 1.14 bits per heavy atom. The number of anilines is 1. The molecule has 2 aromatic rings. The molecule has 112 valence electrons. The number of halogens is 5. The highest BCUT2D eigenvalue weighted by Gasteiger charge is 2.63. The fraction of sp³-hybridized carbons (Fsp3) is 0.182. The number of hydrogen-bond donors (Lipinski definition) is 1. The molecule has 1 N–H and O–H groups in total. The Morgan fingerprint density at radius 2 is 1.81 bits per heavy atom. The maximum Gasteiger partial charge on any atom is 0.463 e. The van der Waals surface area contributed by atoms with E-state index in [2.05, 4.69) is 10.1 Å². The summed E-state index contributed by atoms with van der Waals surface area (Å²) in [5.41, 5.74) is -0.154. The molecule has 1 aromatic carbocycles. The van der Waals surface area contributed by atoms with E-state index in [4.69, 9.17) is 0 Å². The quantitative estimate of drug-likeness (QED) is 0.886. The summed E-state index contributed by atoms with van der Waals surface area (Å²) in [7, 11) is 0. The minimum absolute atomic E-state index is 0.0984. The number of hydrogen-bond acceptors (Lipinski definition) is 3. The maximum atomic E-state index is 12.9. The lowest BCUT2D eigenvalue weighted by Gasteiger charge is -2.19. The van der Waals surface area contributed by atoms with Gasteiger partial charge in [0.1, 0.15) is 12.7 Å². The fourth-order valence-corrected chi connectivity index (χ4v) is 1.44. The molecule has 0 radical (unpaired) electrons. The van der Waals surface area contributed by atoms with Crippen molar-refractivity contribution >= 4 is 11.6 Å². The summed E-state index contributed by atoms with van der Waals surface area (Å²) in [4.78, 5) is 14.8. The molecule has 0 aliphatic rings. The van der Waals surface area contributed by atoms with Crippen molar-refractivity contribution in [1.29, 1.82) is 0 Å². The third-order valence-corrected chi connectivity index (χ3v) is 2.46. The average Bonchev–Trinajstić information content (AvgIpc) is 2.91. The number of aromatic nitrogens is 3. The van der Waals surface area contributed by atoms with Crippen molar-refractivity contribution in [2.24, 2.45) is 0 Å². The van der Waals surface area contributed by atoms with Crippen molar-refractivity contribution in [1.82, 2.24) is 14.8 Å². The summed E-state index contributed by atoms with van der Waals surface area (Å²) in [5, 5.41) is 5.26. The number of para-hydroxylation sites is 2. The van der Waals surface area contributed by atoms with Crippen LogP contribution >= 0.6 is 0 Å². The van der Waals surface area contributed by atoms with E-state index in [0.717, 1.165) is 11.0 Å². The van der Waals surface area contributed by atoms with Crippen molar-refractivity contribution in [2.75, 3.05) is 5.32 Å². The van der Waals surface area contributed by atoms with Crippen molar-refractivity contribution < 1.29 is 26.7 Å². The molecule has 1 heterocycles. The predicted molar refractivity (Wildman–Crippen MR) is 61.0 cm³/mol. The molecule has 10 heteroatoms. The molecule has 0 fully saturated rings. The predicted octanol–water partition coefficient (Wildman–Crippen LogP) is 2.40. The molecule has 5 nitrogen and oxygen atoms in total. The number of carbonyl (C=O) groups is 1. The van der Waals surface area contributed by atoms with Crippen LogP contribution in [0, 0.1) is 0 Å². The van der Waals surface area contributed by atoms with Gasteiger partial charge in [-0.1, -0.05) is 12.1 Å². The minimum Gasteiger partial charge on any atom is -0.319 e. The van der Waals surface area contributed by atoms with Crippen LogP contribution in [0.5, 0.6) is 0 Å². The first-order valence-electron chi connectivity index (χ1n) is 5.43. The van der Waals surface area contributed by atoms with Gasteiger partial charge < -0.3 is 5.32 Å². The Balaban J connectivity index is 2.31. The van der Waals surface area contributed by atoms with Crippen molar-refractivity contribution in [3.8, 4) is 5.69 Å². The number of nitrogens with zero attached hydrogens (tertiary/aromatic N) is 3. The number of amides is 1. The van der Waals surface area contributed by atoms with E-state index < -0.39 is 18.0 Å². The highest BCUT2D eigenvalue weighted by atomic mass is 19.4. The molecule has 1 amide bonds. The summed E-state index contributed by atoms with van der Waals surface area (Å²) in [5.74, 6) is -7.97. The van der Waals surface area contributed by atoms with Gasteiger partial charge in [0, 0.05) is 0 Å². The molecule has 0 spiro atoms. The second-order valence-corrected chi connectivity index (χ2v) is 3.88. The second kappa shape index (κ2) is 5.11. The van der Waals surface area contributed by atoms with Gasteiger partial charge in [-0.2, -0.15) is 27.1 Å². The van der Waals surface area contributed by atoms with Crippen LogP contribution in [-0.4, -0.2) is 32.8 Å². The van der Waals surface area contributed by atoms with Crippen LogP contribution in [0.25, 0.3) is 5.69 Å². The summed E-state index contributed by atoms with van der Waals surface area (Å²) >= 11 is 0. The van der Waals surface area contributed by atoms with Crippen LogP contribution in [0.15, 0.2) is 36.9 Å². The van der Waals surface area contributed by atoms with Gasteiger partial charge in [0.25, 0.3) is 0 Å². The fourth-order valence-electron chi connectivity index (χ4n) is 1.44. The largest absolute Gasteiger partial charge is 0.463 e. The first kappa shape index (κ1) is 14.9. The Bertz CT molecular complexity index is 638. The van der Waals surface area contributed by atoms with Gasteiger partial charge >= 0.3 is 18.0 Å². The van der Waals surface area contributed by atoms with Gasteiger partial charge in [-0.3, -0.25) is 4.79 Å². The zero-order valence-corrected chi connectivity index (χ0v) is 10.1. The van der Waals surface area contributed by atoms with E-state index in [9.17, 15) is 26.7 Å². The molecule has 0 aliphatic carbocycles. The van der Waals surface area contributed by atoms with Crippen LogP contribution in [-0.2, 0) is 4.79 Å². The number of alkyl halides is 5. The number of benzene rings is 1. The van der Waals surface area contributed by atoms with E-state index >= 15 is 0 Å². The van der Waals surface area contributed by atoms with E-state index in [1.54, 1.807) is 5.32 Å². The van der Waals surface area contributed by atoms with Crippen molar-refractivity contribution in [3.05, 3.63) is 36.9 Å². The summed E-state index contributed by atoms with van der Waals surface area (Å²) < 4.78 is 63.3. The molecule has 0 aliphatic heterocycles. The second-order valence-electron chi connectivity index (χ2n) is 3.88. The molecule has 0 bridgehead atoms. The van der Waals surface area contributed by atoms with E-state index in [1.807, 2.05) is 0 Å². The summed E-state index contributed by atoms with van der Waals surface area (Å²) in [6, 6.07) is 5.40. The molecule has 1 aromatic heterocycles. The lowest BCUT2D eigenvalue weighted by atomic mass is 10.2. The highest BCUT2D eigenvalue weighted by Crippen LogP contribution is 2.36. The highest BCUT2D eigenvalue weighted by molar-refractivity contribution is 5.98. The van der Waals surface area contributed by atoms with Crippen molar-refractivity contribution in [2.45, 2.75) is 12.1 Å². The average molecular weight is 306 g/mol. The SMILES string of the molecule is O=C(Nc1ccccc1-n1cncn1)C(F)(F)C(F)(F)F. The molecule has 0 unspecified atom stereocenters. The van der Waals surface area contributed by atoms with Gasteiger partial charge in [-0.25, -0.2) is 9.67 Å². The molecule has 0 saturated heterocycles. The minimum atomic E-state index is -5.97. The van der Waals surface area contributed by atoms with Crippen LogP contribution in [0.3, 0.4) is 0 Å². The standard InChI is InChI=1S/C11H7F5N4O/c12-10(13,11(14,15)16)9(21)19-7-3-1-2-4-8(7)20-6-17-5-18-20/h1-6H,(H,19,21). The zero-order chi connectivity index (χ0) is 15.7. The normalized spacial score (nSPS) is 12.2. The lowest BCUT2D eigenvalue weighted by molar-refractivity contribution is -0.267. The zero-order valence-electron chi connectivity index (χ0n) is 10.1. The Morgan fingerprint density at radius 3 is 2.38 bits per heavy atom. The molecule has 0 atom stereocenters. The summed E-state index contributed by atoms with van der Waals surface area (Å²) in [6.45, 7) is 0. The van der Waals surface area contributed by atoms with Crippen LogP contribution < -0.4 is 5.32 Å². The third kappa shape index (κ3) is 2.83. The van der Waals surface area contributed by atoms with Gasteiger partial charge in [0.05, 0.1) is 11.4 Å². The molecular weight excluding hydrogens is 299 g/mol. The molecule has 0 saturated carbocycles. The molecule has 21 heavy (non-hydrogen) atoms. The number of nitrogens with one attached hydrogen (secondary N) is 1. The van der Waals surface area contributed by atoms with Crippen LogP contribution in [0.4, 0.5) is 27.6 Å². The smallest absolute Gasteiger partial charge is 0.319 e. The Hall–Kier alpha value is -2.52. The van der Waals surface area contributed by atoms with Crippen LogP contribution in [0.1, 0.15) is 0 Å². The monoisotopic (exact) mass is 306 g/mol. The molecular formula is C11H7F5N4O. The van der Waals surface area contributed by atoms with E-state index in [1.165, 1.54) is 30.6 Å². The Labute approximate surface area is 114 Å². The van der Waals surface area contributed by atoms with Crippen molar-refractivity contribution in [3.63, 3.8) is 0 Å². The first-order chi connectivity index (χ1) is 9.73. The third-order valence-electron chi connectivity index (χ3n) is 2.46. The van der Waals surface area contributed by atoms with Crippen LogP contribution in [0.2, 0.25) is 0 Å². The van der Waals surface area contributed by atoms with Gasteiger partial charge in [-0.05, 0) is 12.1 Å². The number of rotatable bonds is 3. The summed E-state index contributed by atoms with van der Waals surface area (Å²) in [6.07, 6.45) is -3.63. The van der Waals surface area contributed by atoms with E-state index in [0.29, 0.717) is 0 Å². The lowest BCUT2D eigenvalue weighted by Crippen LogP contribution is -2.47. The first-order valence-corrected chi connectivity index (χ1v) is 5.43. The Kier molecular flexibility index (Phi) is 3.62. The van der Waals surface area contributed by atoms with Gasteiger partial charge in [0.2, 0.25) is 0 Å². The molecule has 2 rings (SSSR count). The van der Waals surface area contributed by atoms with E-state index in [-0.39, 0.29) is 11.4 Å². The number of carbonyl (C=O) groups excluding carboxylic acids is 1. The van der Waals surface area contributed by atoms with Gasteiger partial charge in [-0.15, -0.1) is 0 Å². The van der Waals surface area contributed by atoms with Gasteiger partial charge in [0.15, 0.2) is 0 Å².